The SMILES string of the molecule is O=[N+]([O-])c1cccc(C2CN3C(=N2)SC2=C3CCCC2)c1. The highest BCUT2D eigenvalue weighted by Gasteiger charge is 2.37. The number of non-ortho nitro benzene ring substituents is 1. The van der Waals surface area contributed by atoms with Crippen molar-refractivity contribution in [2.45, 2.75) is 31.7 Å². The Hall–Kier alpha value is -1.82. The lowest BCUT2D eigenvalue weighted by Crippen LogP contribution is -2.22. The fourth-order valence-corrected chi connectivity index (χ4v) is 4.47. The number of amidine groups is 1. The number of hydrogen-bond donors (Lipinski definition) is 0. The Balaban J connectivity index is 1.60. The molecule has 1 unspecified atom stereocenters. The second kappa shape index (κ2) is 4.87. The predicted molar refractivity (Wildman–Crippen MR) is 83.1 cm³/mol. The lowest BCUT2D eigenvalue weighted by atomic mass is 10.0. The molecule has 0 bridgehead atoms. The molecule has 2 aliphatic heterocycles. The molecule has 3 aliphatic rings. The Morgan fingerprint density at radius 2 is 2.19 bits per heavy atom. The van der Waals surface area contributed by atoms with E-state index in [9.17, 15) is 10.1 Å². The summed E-state index contributed by atoms with van der Waals surface area (Å²) in [5.41, 5.74) is 2.52. The first-order chi connectivity index (χ1) is 10.2. The van der Waals surface area contributed by atoms with Crippen LogP contribution in [0.5, 0.6) is 0 Å². The second-order valence-corrected chi connectivity index (χ2v) is 6.63. The van der Waals surface area contributed by atoms with Gasteiger partial charge in [0.2, 0.25) is 0 Å². The molecule has 4 rings (SSSR count). The maximum absolute atomic E-state index is 10.9. The van der Waals surface area contributed by atoms with Crippen LogP contribution in [-0.4, -0.2) is 21.5 Å². The highest BCUT2D eigenvalue weighted by atomic mass is 32.2. The third-order valence-electron chi connectivity index (χ3n) is 4.25. The first-order valence-corrected chi connectivity index (χ1v) is 8.03. The van der Waals surface area contributed by atoms with Crippen LogP contribution in [0.15, 0.2) is 39.9 Å². The Labute approximate surface area is 126 Å². The van der Waals surface area contributed by atoms with Gasteiger partial charge in [0.05, 0.1) is 17.5 Å². The second-order valence-electron chi connectivity index (χ2n) is 5.57. The van der Waals surface area contributed by atoms with Crippen molar-refractivity contribution in [2.75, 3.05) is 6.54 Å². The lowest BCUT2D eigenvalue weighted by molar-refractivity contribution is -0.384. The minimum absolute atomic E-state index is 0.0170. The zero-order valence-corrected chi connectivity index (χ0v) is 12.3. The molecule has 1 aromatic carbocycles. The van der Waals surface area contributed by atoms with E-state index in [-0.39, 0.29) is 16.7 Å². The maximum Gasteiger partial charge on any atom is 0.269 e. The van der Waals surface area contributed by atoms with Crippen molar-refractivity contribution < 1.29 is 4.92 Å². The number of rotatable bonds is 2. The van der Waals surface area contributed by atoms with Crippen molar-refractivity contribution in [2.24, 2.45) is 4.99 Å². The highest BCUT2D eigenvalue weighted by Crippen LogP contribution is 2.46. The molecule has 1 atom stereocenters. The zero-order chi connectivity index (χ0) is 14.4. The minimum atomic E-state index is -0.344. The van der Waals surface area contributed by atoms with E-state index in [1.54, 1.807) is 23.9 Å². The van der Waals surface area contributed by atoms with Crippen LogP contribution in [0.2, 0.25) is 0 Å². The Morgan fingerprint density at radius 1 is 1.33 bits per heavy atom. The van der Waals surface area contributed by atoms with Crippen molar-refractivity contribution >= 4 is 22.6 Å². The molecule has 0 N–H and O–H groups in total. The summed E-state index contributed by atoms with van der Waals surface area (Å²) in [5, 5.41) is 12.0. The van der Waals surface area contributed by atoms with E-state index >= 15 is 0 Å². The standard InChI is InChI=1S/C15H15N3O2S/c19-18(20)11-5-3-4-10(8-11)12-9-17-13-6-1-2-7-14(13)21-15(17)16-12/h3-5,8,12H,1-2,6-7,9H2. The van der Waals surface area contributed by atoms with Crippen molar-refractivity contribution in [1.82, 2.24) is 4.90 Å². The number of allylic oxidation sites excluding steroid dienone is 2. The number of aliphatic imine (C=N–C) groups is 1. The Morgan fingerprint density at radius 3 is 3.05 bits per heavy atom. The molecule has 0 amide bonds. The van der Waals surface area contributed by atoms with Crippen LogP contribution in [0.25, 0.3) is 0 Å². The zero-order valence-electron chi connectivity index (χ0n) is 11.5. The molecule has 1 aromatic rings. The van der Waals surface area contributed by atoms with Crippen molar-refractivity contribution in [3.8, 4) is 0 Å². The van der Waals surface area contributed by atoms with Gasteiger partial charge in [0.15, 0.2) is 5.17 Å². The van der Waals surface area contributed by atoms with Crippen LogP contribution in [0.3, 0.4) is 0 Å². The number of nitro benzene ring substituents is 1. The van der Waals surface area contributed by atoms with Crippen LogP contribution in [-0.2, 0) is 0 Å². The summed E-state index contributed by atoms with van der Waals surface area (Å²) < 4.78 is 0. The summed E-state index contributed by atoms with van der Waals surface area (Å²) in [6.45, 7) is 0.822. The maximum atomic E-state index is 10.9. The summed E-state index contributed by atoms with van der Waals surface area (Å²) in [4.78, 5) is 19.1. The molecule has 21 heavy (non-hydrogen) atoms. The molecular formula is C15H15N3O2S. The molecule has 0 fully saturated rings. The summed E-state index contributed by atoms with van der Waals surface area (Å²) in [5.74, 6) is 0. The summed E-state index contributed by atoms with van der Waals surface area (Å²) in [6, 6.07) is 6.88. The fourth-order valence-electron chi connectivity index (χ4n) is 3.19. The van der Waals surface area contributed by atoms with E-state index in [0.717, 1.165) is 23.7 Å². The van der Waals surface area contributed by atoms with Gasteiger partial charge < -0.3 is 4.90 Å². The van der Waals surface area contributed by atoms with Gasteiger partial charge in [-0.3, -0.25) is 15.1 Å². The number of nitrogens with zero attached hydrogens (tertiary/aromatic N) is 3. The molecule has 0 aromatic heterocycles. The van der Waals surface area contributed by atoms with Gasteiger partial charge in [-0.25, -0.2) is 0 Å². The van der Waals surface area contributed by atoms with Gasteiger partial charge in [-0.2, -0.15) is 0 Å². The third kappa shape index (κ3) is 2.14. The van der Waals surface area contributed by atoms with Crippen LogP contribution < -0.4 is 0 Å². The smallest absolute Gasteiger partial charge is 0.269 e. The molecule has 2 heterocycles. The number of hydrogen-bond acceptors (Lipinski definition) is 5. The van der Waals surface area contributed by atoms with E-state index in [4.69, 9.17) is 4.99 Å². The molecule has 0 saturated carbocycles. The molecule has 108 valence electrons. The first kappa shape index (κ1) is 12.9. The highest BCUT2D eigenvalue weighted by molar-refractivity contribution is 8.17. The number of fused-ring (bicyclic) bond motifs is 2. The monoisotopic (exact) mass is 301 g/mol. The molecule has 1 aliphatic carbocycles. The molecule has 0 radical (unpaired) electrons. The Bertz CT molecular complexity index is 683. The third-order valence-corrected chi connectivity index (χ3v) is 5.44. The lowest BCUT2D eigenvalue weighted by Gasteiger charge is -2.21. The van der Waals surface area contributed by atoms with Gasteiger partial charge in [-0.15, -0.1) is 0 Å². The average molecular weight is 301 g/mol. The quantitative estimate of drug-likeness (QED) is 0.615. The summed E-state index contributed by atoms with van der Waals surface area (Å²) in [6.07, 6.45) is 4.85. The van der Waals surface area contributed by atoms with Crippen molar-refractivity contribution in [3.63, 3.8) is 0 Å². The van der Waals surface area contributed by atoms with Crippen molar-refractivity contribution in [1.29, 1.82) is 0 Å². The van der Waals surface area contributed by atoms with E-state index in [0.29, 0.717) is 0 Å². The number of thioether (sulfide) groups is 1. The number of nitro groups is 1. The summed E-state index contributed by atoms with van der Waals surface area (Å²) >= 11 is 1.80. The van der Waals surface area contributed by atoms with E-state index in [1.165, 1.54) is 35.9 Å². The van der Waals surface area contributed by atoms with E-state index < -0.39 is 0 Å². The Kier molecular flexibility index (Phi) is 2.99. The van der Waals surface area contributed by atoms with Gasteiger partial charge in [0, 0.05) is 22.7 Å². The topological polar surface area (TPSA) is 58.7 Å². The van der Waals surface area contributed by atoms with Gasteiger partial charge in [0.1, 0.15) is 0 Å². The number of benzene rings is 1. The predicted octanol–water partition coefficient (Wildman–Crippen LogP) is 3.84. The van der Waals surface area contributed by atoms with E-state index in [1.807, 2.05) is 6.07 Å². The average Bonchev–Trinajstić information content (AvgIpc) is 3.05. The largest absolute Gasteiger partial charge is 0.321 e. The van der Waals surface area contributed by atoms with Crippen LogP contribution >= 0.6 is 11.8 Å². The normalized spacial score (nSPS) is 23.9. The fraction of sp³-hybridized carbons (Fsp3) is 0.400. The van der Waals surface area contributed by atoms with Crippen LogP contribution in [0, 0.1) is 10.1 Å². The first-order valence-electron chi connectivity index (χ1n) is 7.22. The van der Waals surface area contributed by atoms with Gasteiger partial charge >= 0.3 is 0 Å². The van der Waals surface area contributed by atoms with Gasteiger partial charge in [-0.05, 0) is 31.2 Å². The van der Waals surface area contributed by atoms with Crippen LogP contribution in [0.1, 0.15) is 37.3 Å². The van der Waals surface area contributed by atoms with Crippen LogP contribution in [0.4, 0.5) is 5.69 Å². The van der Waals surface area contributed by atoms with E-state index in [2.05, 4.69) is 4.90 Å². The molecule has 5 nitrogen and oxygen atoms in total. The van der Waals surface area contributed by atoms with Gasteiger partial charge in [0.25, 0.3) is 5.69 Å². The van der Waals surface area contributed by atoms with Gasteiger partial charge in [-0.1, -0.05) is 23.9 Å². The minimum Gasteiger partial charge on any atom is -0.321 e. The molecule has 6 heteroatoms. The molecule has 0 saturated heterocycles. The molecule has 0 spiro atoms. The molecular weight excluding hydrogens is 286 g/mol. The summed E-state index contributed by atoms with van der Waals surface area (Å²) in [7, 11) is 0. The van der Waals surface area contributed by atoms with Crippen molar-refractivity contribution in [3.05, 3.63) is 50.5 Å².